The fourth-order valence-electron chi connectivity index (χ4n) is 3.24. The third-order valence-electron chi connectivity index (χ3n) is 4.21. The molecule has 1 saturated carbocycles. The molecular formula is C16H34N2. The lowest BCUT2D eigenvalue weighted by atomic mass is 9.81. The smallest absolute Gasteiger partial charge is 0.0309 e. The van der Waals surface area contributed by atoms with Gasteiger partial charge in [-0.1, -0.05) is 34.6 Å². The monoisotopic (exact) mass is 254 g/mol. The van der Waals surface area contributed by atoms with Gasteiger partial charge in [-0.25, -0.2) is 0 Å². The van der Waals surface area contributed by atoms with Crippen molar-refractivity contribution in [2.24, 2.45) is 29.4 Å². The largest absolute Gasteiger partial charge is 0.329 e. The summed E-state index contributed by atoms with van der Waals surface area (Å²) in [5.41, 5.74) is 6.28. The van der Waals surface area contributed by atoms with Crippen LogP contribution in [0.15, 0.2) is 0 Å². The fourth-order valence-corrected chi connectivity index (χ4v) is 3.24. The van der Waals surface area contributed by atoms with Crippen molar-refractivity contribution in [1.82, 2.24) is 5.32 Å². The summed E-state index contributed by atoms with van der Waals surface area (Å²) in [4.78, 5) is 0. The molecule has 1 rings (SSSR count). The van der Waals surface area contributed by atoms with E-state index in [4.69, 9.17) is 5.73 Å². The lowest BCUT2D eigenvalue weighted by Gasteiger charge is -2.38. The van der Waals surface area contributed by atoms with Crippen LogP contribution in [0.4, 0.5) is 0 Å². The Hall–Kier alpha value is -0.0800. The molecule has 2 heteroatoms. The SMILES string of the molecule is CC(C)CC(CN)(CC(C)C)NCC(C)C1CC1. The summed E-state index contributed by atoms with van der Waals surface area (Å²) in [5, 5.41) is 3.84. The minimum Gasteiger partial charge on any atom is -0.329 e. The second-order valence-electron chi connectivity index (χ2n) is 7.38. The molecule has 1 aliphatic carbocycles. The first kappa shape index (κ1) is 16.0. The maximum atomic E-state index is 6.12. The summed E-state index contributed by atoms with van der Waals surface area (Å²) in [6.07, 6.45) is 5.26. The van der Waals surface area contributed by atoms with Gasteiger partial charge in [0, 0.05) is 12.1 Å². The van der Waals surface area contributed by atoms with E-state index in [0.29, 0.717) is 11.8 Å². The summed E-state index contributed by atoms with van der Waals surface area (Å²) in [6.45, 7) is 13.5. The lowest BCUT2D eigenvalue weighted by molar-refractivity contribution is 0.216. The van der Waals surface area contributed by atoms with E-state index in [0.717, 1.165) is 24.9 Å². The predicted molar refractivity (Wildman–Crippen MR) is 80.6 cm³/mol. The number of nitrogens with two attached hydrogens (primary N) is 1. The molecule has 0 radical (unpaired) electrons. The Morgan fingerprint density at radius 2 is 1.56 bits per heavy atom. The van der Waals surface area contributed by atoms with Crippen LogP contribution in [0.5, 0.6) is 0 Å². The first-order chi connectivity index (χ1) is 8.38. The van der Waals surface area contributed by atoms with Gasteiger partial charge in [0.05, 0.1) is 0 Å². The van der Waals surface area contributed by atoms with Gasteiger partial charge in [-0.2, -0.15) is 0 Å². The molecule has 0 aromatic carbocycles. The number of hydrogen-bond donors (Lipinski definition) is 2. The molecule has 0 bridgehead atoms. The van der Waals surface area contributed by atoms with Crippen LogP contribution in [0.3, 0.4) is 0 Å². The van der Waals surface area contributed by atoms with Gasteiger partial charge in [0.2, 0.25) is 0 Å². The third kappa shape index (κ3) is 5.27. The topological polar surface area (TPSA) is 38.0 Å². The summed E-state index contributed by atoms with van der Waals surface area (Å²) in [7, 11) is 0. The summed E-state index contributed by atoms with van der Waals surface area (Å²) in [5.74, 6) is 3.20. The zero-order chi connectivity index (χ0) is 13.8. The molecule has 0 amide bonds. The molecule has 3 N–H and O–H groups in total. The van der Waals surface area contributed by atoms with Crippen molar-refractivity contribution in [1.29, 1.82) is 0 Å². The van der Waals surface area contributed by atoms with E-state index in [-0.39, 0.29) is 5.54 Å². The Bertz CT molecular complexity index is 221. The van der Waals surface area contributed by atoms with Crippen molar-refractivity contribution in [3.05, 3.63) is 0 Å². The zero-order valence-corrected chi connectivity index (χ0v) is 13.1. The zero-order valence-electron chi connectivity index (χ0n) is 13.1. The van der Waals surface area contributed by atoms with Crippen LogP contribution in [0.25, 0.3) is 0 Å². The Balaban J connectivity index is 2.55. The maximum Gasteiger partial charge on any atom is 0.0309 e. The number of rotatable bonds is 9. The second kappa shape index (κ2) is 6.91. The molecule has 0 heterocycles. The first-order valence-corrected chi connectivity index (χ1v) is 7.83. The van der Waals surface area contributed by atoms with Crippen LogP contribution in [0, 0.1) is 23.7 Å². The molecule has 1 aliphatic rings. The molecule has 0 spiro atoms. The summed E-state index contributed by atoms with van der Waals surface area (Å²) in [6, 6.07) is 0. The maximum absolute atomic E-state index is 6.12. The van der Waals surface area contributed by atoms with Gasteiger partial charge < -0.3 is 11.1 Å². The summed E-state index contributed by atoms with van der Waals surface area (Å²) < 4.78 is 0. The Morgan fingerprint density at radius 1 is 1.06 bits per heavy atom. The molecule has 1 fully saturated rings. The van der Waals surface area contributed by atoms with Crippen molar-refractivity contribution in [3.8, 4) is 0 Å². The van der Waals surface area contributed by atoms with E-state index < -0.39 is 0 Å². The van der Waals surface area contributed by atoms with Gasteiger partial charge in [-0.15, -0.1) is 0 Å². The Kier molecular flexibility index (Phi) is 6.13. The minimum absolute atomic E-state index is 0.158. The second-order valence-corrected chi connectivity index (χ2v) is 7.38. The van der Waals surface area contributed by atoms with E-state index >= 15 is 0 Å². The molecule has 0 aromatic heterocycles. The van der Waals surface area contributed by atoms with Crippen molar-refractivity contribution < 1.29 is 0 Å². The van der Waals surface area contributed by atoms with E-state index in [1.54, 1.807) is 0 Å². The van der Waals surface area contributed by atoms with Crippen molar-refractivity contribution in [2.45, 2.75) is 65.8 Å². The molecule has 1 atom stereocenters. The molecular weight excluding hydrogens is 220 g/mol. The number of nitrogens with one attached hydrogen (secondary N) is 1. The van der Waals surface area contributed by atoms with Crippen LogP contribution in [-0.2, 0) is 0 Å². The predicted octanol–water partition coefficient (Wildman–Crippen LogP) is 3.41. The molecule has 0 aromatic rings. The highest BCUT2D eigenvalue weighted by molar-refractivity contribution is 4.92. The average Bonchev–Trinajstić information content (AvgIpc) is 3.07. The van der Waals surface area contributed by atoms with Crippen molar-refractivity contribution >= 4 is 0 Å². The normalized spacial score (nSPS) is 18.7. The quantitative estimate of drug-likeness (QED) is 0.662. The highest BCUT2D eigenvalue weighted by Crippen LogP contribution is 2.36. The van der Waals surface area contributed by atoms with E-state index in [9.17, 15) is 0 Å². The molecule has 0 saturated heterocycles. The van der Waals surface area contributed by atoms with Gasteiger partial charge in [0.1, 0.15) is 0 Å². The van der Waals surface area contributed by atoms with E-state index in [2.05, 4.69) is 39.9 Å². The average molecular weight is 254 g/mol. The molecule has 2 nitrogen and oxygen atoms in total. The van der Waals surface area contributed by atoms with Crippen molar-refractivity contribution in [2.75, 3.05) is 13.1 Å². The van der Waals surface area contributed by atoms with Gasteiger partial charge in [0.25, 0.3) is 0 Å². The Morgan fingerprint density at radius 3 is 1.89 bits per heavy atom. The van der Waals surface area contributed by atoms with Gasteiger partial charge in [-0.3, -0.25) is 0 Å². The van der Waals surface area contributed by atoms with E-state index in [1.165, 1.54) is 25.7 Å². The van der Waals surface area contributed by atoms with E-state index in [1.807, 2.05) is 0 Å². The van der Waals surface area contributed by atoms with Crippen molar-refractivity contribution in [3.63, 3.8) is 0 Å². The number of hydrogen-bond acceptors (Lipinski definition) is 2. The van der Waals surface area contributed by atoms with Crippen LogP contribution in [-0.4, -0.2) is 18.6 Å². The minimum atomic E-state index is 0.158. The third-order valence-corrected chi connectivity index (χ3v) is 4.21. The molecule has 108 valence electrons. The van der Waals surface area contributed by atoms with Crippen LogP contribution >= 0.6 is 0 Å². The highest BCUT2D eigenvalue weighted by atomic mass is 15.0. The molecule has 1 unspecified atom stereocenters. The molecule has 0 aliphatic heterocycles. The molecule has 18 heavy (non-hydrogen) atoms. The standard InChI is InChI=1S/C16H34N2/c1-12(2)8-16(11-17,9-13(3)4)18-10-14(5)15-6-7-15/h12-15,18H,6-11,17H2,1-5H3. The van der Waals surface area contributed by atoms with Gasteiger partial charge >= 0.3 is 0 Å². The lowest BCUT2D eigenvalue weighted by Crippen LogP contribution is -2.54. The van der Waals surface area contributed by atoms with Gasteiger partial charge in [-0.05, 0) is 55.9 Å². The Labute approximate surface area is 114 Å². The van der Waals surface area contributed by atoms with Crippen LogP contribution in [0.2, 0.25) is 0 Å². The van der Waals surface area contributed by atoms with Crippen LogP contribution in [0.1, 0.15) is 60.3 Å². The van der Waals surface area contributed by atoms with Crippen LogP contribution < -0.4 is 11.1 Å². The summed E-state index contributed by atoms with van der Waals surface area (Å²) >= 11 is 0. The van der Waals surface area contributed by atoms with Gasteiger partial charge in [0.15, 0.2) is 0 Å². The fraction of sp³-hybridized carbons (Fsp3) is 1.00. The first-order valence-electron chi connectivity index (χ1n) is 7.83. The highest BCUT2D eigenvalue weighted by Gasteiger charge is 2.33.